The molecule has 4 unspecified atom stereocenters. The molecule has 0 aromatic carbocycles. The molecule has 1 aliphatic carbocycles. The zero-order valence-corrected chi connectivity index (χ0v) is 12.8. The fourth-order valence-corrected chi connectivity index (χ4v) is 4.19. The van der Waals surface area contributed by atoms with Crippen LogP contribution in [0.2, 0.25) is 0 Å². The van der Waals surface area contributed by atoms with Crippen LogP contribution in [0.15, 0.2) is 0 Å². The predicted molar refractivity (Wildman–Crippen MR) is 74.5 cm³/mol. The molecule has 0 spiro atoms. The smallest absolute Gasteiger partial charge is 0.150 e. The Kier molecular flexibility index (Phi) is 6.08. The van der Waals surface area contributed by atoms with Crippen LogP contribution in [0.25, 0.3) is 0 Å². The first-order valence-electron chi connectivity index (χ1n) is 6.85. The highest BCUT2D eigenvalue weighted by Gasteiger charge is 2.34. The standard InChI is InChI=1S/C13H27NO3S/c1-5-14-13(10(2)17-3)11-7-6-8-12(9-11)18(4,15)16/h10-14H,5-9H2,1-4H3. The van der Waals surface area contributed by atoms with E-state index < -0.39 is 9.84 Å². The molecule has 0 heterocycles. The topological polar surface area (TPSA) is 55.4 Å². The van der Waals surface area contributed by atoms with Crippen LogP contribution in [-0.4, -0.2) is 45.7 Å². The summed E-state index contributed by atoms with van der Waals surface area (Å²) in [6, 6.07) is 0.254. The quantitative estimate of drug-likeness (QED) is 0.801. The SMILES string of the molecule is CCNC(C1CCCC(S(C)(=O)=O)C1)C(C)OC. The van der Waals surface area contributed by atoms with Crippen molar-refractivity contribution in [2.24, 2.45) is 5.92 Å². The Labute approximate surface area is 111 Å². The number of sulfone groups is 1. The van der Waals surface area contributed by atoms with E-state index >= 15 is 0 Å². The van der Waals surface area contributed by atoms with Crippen molar-refractivity contribution < 1.29 is 13.2 Å². The molecule has 4 atom stereocenters. The van der Waals surface area contributed by atoms with Crippen LogP contribution < -0.4 is 5.32 Å². The number of methoxy groups -OCH3 is 1. The molecular formula is C13H27NO3S. The van der Waals surface area contributed by atoms with Gasteiger partial charge < -0.3 is 10.1 Å². The summed E-state index contributed by atoms with van der Waals surface area (Å²) in [7, 11) is -1.19. The second kappa shape index (κ2) is 6.87. The lowest BCUT2D eigenvalue weighted by molar-refractivity contribution is 0.0534. The maximum atomic E-state index is 11.7. The van der Waals surface area contributed by atoms with Crippen molar-refractivity contribution in [1.29, 1.82) is 0 Å². The van der Waals surface area contributed by atoms with Crippen molar-refractivity contribution in [3.8, 4) is 0 Å². The number of hydrogen-bond acceptors (Lipinski definition) is 4. The maximum Gasteiger partial charge on any atom is 0.150 e. The summed E-state index contributed by atoms with van der Waals surface area (Å²) in [5, 5.41) is 3.29. The van der Waals surface area contributed by atoms with Crippen LogP contribution in [0.5, 0.6) is 0 Å². The van der Waals surface area contributed by atoms with Crippen LogP contribution >= 0.6 is 0 Å². The van der Waals surface area contributed by atoms with Crippen LogP contribution in [-0.2, 0) is 14.6 Å². The average molecular weight is 277 g/mol. The van der Waals surface area contributed by atoms with Crippen molar-refractivity contribution in [3.63, 3.8) is 0 Å². The van der Waals surface area contributed by atoms with Gasteiger partial charge in [0.2, 0.25) is 0 Å². The van der Waals surface area contributed by atoms with Crippen LogP contribution in [0.3, 0.4) is 0 Å². The molecule has 1 fully saturated rings. The van der Waals surface area contributed by atoms with E-state index in [9.17, 15) is 8.42 Å². The van der Waals surface area contributed by atoms with Crippen molar-refractivity contribution >= 4 is 9.84 Å². The van der Waals surface area contributed by atoms with E-state index in [1.807, 2.05) is 0 Å². The van der Waals surface area contributed by atoms with Gasteiger partial charge in [-0.05, 0) is 38.6 Å². The third kappa shape index (κ3) is 4.21. The van der Waals surface area contributed by atoms with Gasteiger partial charge in [-0.3, -0.25) is 0 Å². The number of nitrogens with one attached hydrogen (secondary N) is 1. The van der Waals surface area contributed by atoms with Gasteiger partial charge in [0.15, 0.2) is 0 Å². The third-order valence-electron chi connectivity index (χ3n) is 4.10. The first kappa shape index (κ1) is 15.9. The highest BCUT2D eigenvalue weighted by Crippen LogP contribution is 2.32. The van der Waals surface area contributed by atoms with Gasteiger partial charge in [0.25, 0.3) is 0 Å². The molecule has 1 rings (SSSR count). The lowest BCUT2D eigenvalue weighted by Crippen LogP contribution is -2.47. The Balaban J connectivity index is 2.73. The largest absolute Gasteiger partial charge is 0.380 e. The van der Waals surface area contributed by atoms with Gasteiger partial charge in [-0.2, -0.15) is 0 Å². The summed E-state index contributed by atoms with van der Waals surface area (Å²) in [5.74, 6) is 0.397. The first-order chi connectivity index (χ1) is 8.40. The second-order valence-electron chi connectivity index (χ2n) is 5.40. The summed E-state index contributed by atoms with van der Waals surface area (Å²) in [6.45, 7) is 5.02. The molecule has 0 aromatic rings. The maximum absolute atomic E-state index is 11.7. The van der Waals surface area contributed by atoms with E-state index in [0.717, 1.165) is 32.2 Å². The van der Waals surface area contributed by atoms with Crippen molar-refractivity contribution in [2.75, 3.05) is 19.9 Å². The number of ether oxygens (including phenoxy) is 1. The van der Waals surface area contributed by atoms with Crippen LogP contribution in [0.1, 0.15) is 39.5 Å². The molecule has 108 valence electrons. The normalized spacial score (nSPS) is 28.9. The Hall–Kier alpha value is -0.130. The van der Waals surface area contributed by atoms with Gasteiger partial charge in [-0.25, -0.2) is 8.42 Å². The molecule has 18 heavy (non-hydrogen) atoms. The molecule has 1 saturated carbocycles. The zero-order chi connectivity index (χ0) is 13.8. The monoisotopic (exact) mass is 277 g/mol. The highest BCUT2D eigenvalue weighted by molar-refractivity contribution is 7.91. The van der Waals surface area contributed by atoms with Gasteiger partial charge in [0, 0.05) is 19.4 Å². The summed E-state index contributed by atoms with van der Waals surface area (Å²) >= 11 is 0. The Bertz CT molecular complexity index is 342. The van der Waals surface area contributed by atoms with E-state index in [1.54, 1.807) is 7.11 Å². The van der Waals surface area contributed by atoms with Crippen molar-refractivity contribution in [3.05, 3.63) is 0 Å². The minimum Gasteiger partial charge on any atom is -0.380 e. The molecule has 0 saturated heterocycles. The van der Waals surface area contributed by atoms with E-state index in [2.05, 4.69) is 19.2 Å². The minimum absolute atomic E-state index is 0.119. The van der Waals surface area contributed by atoms with Gasteiger partial charge >= 0.3 is 0 Å². The highest BCUT2D eigenvalue weighted by atomic mass is 32.2. The third-order valence-corrected chi connectivity index (χ3v) is 5.74. The second-order valence-corrected chi connectivity index (χ2v) is 7.73. The summed E-state index contributed by atoms with van der Waals surface area (Å²) in [4.78, 5) is 0. The lowest BCUT2D eigenvalue weighted by Gasteiger charge is -2.36. The summed E-state index contributed by atoms with van der Waals surface area (Å²) in [5.41, 5.74) is 0. The molecule has 1 N–H and O–H groups in total. The Morgan fingerprint density at radius 2 is 2.06 bits per heavy atom. The first-order valence-corrected chi connectivity index (χ1v) is 8.80. The van der Waals surface area contributed by atoms with Crippen molar-refractivity contribution in [1.82, 2.24) is 5.32 Å². The number of rotatable bonds is 6. The lowest BCUT2D eigenvalue weighted by atomic mass is 9.81. The Morgan fingerprint density at radius 1 is 1.39 bits per heavy atom. The predicted octanol–water partition coefficient (Wildman–Crippen LogP) is 1.60. The fraction of sp³-hybridized carbons (Fsp3) is 1.00. The van der Waals surface area contributed by atoms with Gasteiger partial charge in [-0.1, -0.05) is 13.3 Å². The summed E-state index contributed by atoms with van der Waals surface area (Å²) < 4.78 is 28.8. The van der Waals surface area contributed by atoms with Gasteiger partial charge in [-0.15, -0.1) is 0 Å². The van der Waals surface area contributed by atoms with Crippen molar-refractivity contribution in [2.45, 2.75) is 56.9 Å². The van der Waals surface area contributed by atoms with E-state index in [0.29, 0.717) is 5.92 Å². The van der Waals surface area contributed by atoms with E-state index in [-0.39, 0.29) is 17.4 Å². The summed E-state index contributed by atoms with van der Waals surface area (Å²) in [6.07, 6.45) is 5.16. The molecule has 1 aliphatic rings. The number of hydrogen-bond donors (Lipinski definition) is 1. The minimum atomic E-state index is -2.91. The van der Waals surface area contributed by atoms with Crippen LogP contribution in [0.4, 0.5) is 0 Å². The van der Waals surface area contributed by atoms with Gasteiger partial charge in [0.05, 0.1) is 11.4 Å². The molecule has 5 heteroatoms. The molecular weight excluding hydrogens is 250 g/mol. The number of likely N-dealkylation sites (N-methyl/N-ethyl adjacent to an activating group) is 1. The van der Waals surface area contributed by atoms with E-state index in [4.69, 9.17) is 4.74 Å². The van der Waals surface area contributed by atoms with Gasteiger partial charge in [0.1, 0.15) is 9.84 Å². The van der Waals surface area contributed by atoms with Crippen LogP contribution in [0, 0.1) is 5.92 Å². The molecule has 0 amide bonds. The fourth-order valence-electron chi connectivity index (χ4n) is 2.99. The molecule has 0 bridgehead atoms. The average Bonchev–Trinajstić information content (AvgIpc) is 2.34. The molecule has 4 nitrogen and oxygen atoms in total. The van der Waals surface area contributed by atoms with E-state index in [1.165, 1.54) is 6.26 Å². The molecule has 0 radical (unpaired) electrons. The molecule has 0 aliphatic heterocycles. The molecule has 0 aromatic heterocycles. The zero-order valence-electron chi connectivity index (χ0n) is 12.0. The Morgan fingerprint density at radius 3 is 2.56 bits per heavy atom.